The van der Waals surface area contributed by atoms with Crippen LogP contribution >= 0.6 is 0 Å². The number of carbonyl (C=O) groups excluding carboxylic acids is 3. The molecule has 0 radical (unpaired) electrons. The van der Waals surface area contributed by atoms with Crippen LogP contribution in [-0.2, 0) is 17.8 Å². The SMILES string of the molecule is Cc1noc(C)c1NC(=O)Nc1ccc2c(c1)CC(=O)N([C@H](C)CO)C[C@H](C)[C@@H](CN(C)Cc1ccc(C(=O)Nc3ccccc3N)cc1)O2. The molecule has 1 aliphatic rings. The number of nitrogens with one attached hydrogen (secondary N) is 3. The number of anilines is 4. The van der Waals surface area contributed by atoms with Gasteiger partial charge in [0.05, 0.1) is 30.4 Å². The first kappa shape index (κ1) is 35.9. The topological polar surface area (TPSA) is 175 Å². The second-order valence-corrected chi connectivity index (χ2v) is 12.9. The van der Waals surface area contributed by atoms with Crippen molar-refractivity contribution in [2.75, 3.05) is 48.4 Å². The maximum absolute atomic E-state index is 13.6. The number of rotatable bonds is 10. The van der Waals surface area contributed by atoms with Gasteiger partial charge in [0, 0.05) is 42.4 Å². The summed E-state index contributed by atoms with van der Waals surface area (Å²) in [5.41, 5.74) is 10.7. The number of nitrogens with two attached hydrogens (primary N) is 1. The summed E-state index contributed by atoms with van der Waals surface area (Å²) in [5.74, 6) is 0.562. The maximum Gasteiger partial charge on any atom is 0.323 e. The van der Waals surface area contributed by atoms with Gasteiger partial charge in [0.25, 0.3) is 5.91 Å². The van der Waals surface area contributed by atoms with Crippen LogP contribution in [0.1, 0.15) is 46.8 Å². The van der Waals surface area contributed by atoms with Crippen LogP contribution in [0.5, 0.6) is 5.75 Å². The van der Waals surface area contributed by atoms with Gasteiger partial charge in [0.15, 0.2) is 5.76 Å². The van der Waals surface area contributed by atoms with Crippen LogP contribution in [0.4, 0.5) is 27.5 Å². The number of fused-ring (bicyclic) bond motifs is 1. The molecule has 3 atom stereocenters. The van der Waals surface area contributed by atoms with E-state index in [0.717, 1.165) is 5.56 Å². The van der Waals surface area contributed by atoms with Gasteiger partial charge in [0.2, 0.25) is 5.91 Å². The average Bonchev–Trinajstić information content (AvgIpc) is 3.42. The summed E-state index contributed by atoms with van der Waals surface area (Å²) in [6.45, 7) is 8.65. The number of hydrogen-bond donors (Lipinski definition) is 5. The number of ether oxygens (including phenoxy) is 1. The lowest BCUT2D eigenvalue weighted by Crippen LogP contribution is -2.47. The Balaban J connectivity index is 1.30. The molecule has 50 heavy (non-hydrogen) atoms. The third-order valence-electron chi connectivity index (χ3n) is 8.82. The van der Waals surface area contributed by atoms with Crippen LogP contribution in [0.25, 0.3) is 0 Å². The predicted octanol–water partition coefficient (Wildman–Crippen LogP) is 5.05. The van der Waals surface area contributed by atoms with Gasteiger partial charge in [-0.2, -0.15) is 0 Å². The van der Waals surface area contributed by atoms with Crippen LogP contribution in [0.3, 0.4) is 0 Å². The molecule has 264 valence electrons. The highest BCUT2D eigenvalue weighted by molar-refractivity contribution is 6.05. The summed E-state index contributed by atoms with van der Waals surface area (Å²) >= 11 is 0. The molecule has 0 aliphatic carbocycles. The van der Waals surface area contributed by atoms with Crippen molar-refractivity contribution in [3.63, 3.8) is 0 Å². The molecule has 0 fully saturated rings. The quantitative estimate of drug-likeness (QED) is 0.143. The van der Waals surface area contributed by atoms with E-state index in [1.807, 2.05) is 45.2 Å². The average molecular weight is 684 g/mol. The van der Waals surface area contributed by atoms with Crippen molar-refractivity contribution in [2.45, 2.75) is 52.8 Å². The van der Waals surface area contributed by atoms with Crippen molar-refractivity contribution in [1.82, 2.24) is 15.0 Å². The van der Waals surface area contributed by atoms with Gasteiger partial charge in [-0.15, -0.1) is 0 Å². The first-order valence-electron chi connectivity index (χ1n) is 16.6. The van der Waals surface area contributed by atoms with Gasteiger partial charge < -0.3 is 41.0 Å². The summed E-state index contributed by atoms with van der Waals surface area (Å²) in [4.78, 5) is 43.1. The number of aliphatic hydroxyl groups excluding tert-OH is 1. The van der Waals surface area contributed by atoms with Crippen molar-refractivity contribution in [3.05, 3.63) is 94.9 Å². The van der Waals surface area contributed by atoms with Gasteiger partial charge in [-0.1, -0.05) is 36.3 Å². The molecule has 0 saturated carbocycles. The van der Waals surface area contributed by atoms with Crippen LogP contribution in [-0.4, -0.2) is 76.8 Å². The highest BCUT2D eigenvalue weighted by Gasteiger charge is 2.31. The fourth-order valence-corrected chi connectivity index (χ4v) is 5.91. The van der Waals surface area contributed by atoms with Gasteiger partial charge in [-0.3, -0.25) is 14.5 Å². The van der Waals surface area contributed by atoms with E-state index in [4.69, 9.17) is 15.0 Å². The molecule has 13 heteroatoms. The van der Waals surface area contributed by atoms with E-state index in [1.54, 1.807) is 61.2 Å². The molecule has 0 saturated heterocycles. The number of aliphatic hydroxyl groups is 1. The molecule has 0 bridgehead atoms. The molecule has 13 nitrogen and oxygen atoms in total. The summed E-state index contributed by atoms with van der Waals surface area (Å²) in [6.07, 6.45) is -0.284. The monoisotopic (exact) mass is 683 g/mol. The number of carbonyl (C=O) groups is 3. The molecule has 0 spiro atoms. The number of para-hydroxylation sites is 2. The molecule has 1 aliphatic heterocycles. The highest BCUT2D eigenvalue weighted by Crippen LogP contribution is 2.30. The van der Waals surface area contributed by atoms with Crippen LogP contribution < -0.4 is 26.4 Å². The van der Waals surface area contributed by atoms with Gasteiger partial charge >= 0.3 is 6.03 Å². The Morgan fingerprint density at radius 1 is 1.08 bits per heavy atom. The van der Waals surface area contributed by atoms with E-state index in [9.17, 15) is 19.5 Å². The fourth-order valence-electron chi connectivity index (χ4n) is 5.91. The predicted molar refractivity (Wildman–Crippen MR) is 192 cm³/mol. The Morgan fingerprint density at radius 2 is 1.82 bits per heavy atom. The number of benzene rings is 3. The summed E-state index contributed by atoms with van der Waals surface area (Å²) in [7, 11) is 1.99. The van der Waals surface area contributed by atoms with E-state index in [0.29, 0.717) is 70.7 Å². The Labute approximate surface area is 291 Å². The second kappa shape index (κ2) is 15.9. The lowest BCUT2D eigenvalue weighted by molar-refractivity contribution is -0.134. The van der Waals surface area contributed by atoms with E-state index < -0.39 is 6.03 Å². The Morgan fingerprint density at radius 3 is 2.50 bits per heavy atom. The van der Waals surface area contributed by atoms with Crippen molar-refractivity contribution in [3.8, 4) is 5.75 Å². The van der Waals surface area contributed by atoms with E-state index in [1.165, 1.54) is 0 Å². The van der Waals surface area contributed by atoms with Crippen LogP contribution in [0.2, 0.25) is 0 Å². The van der Waals surface area contributed by atoms with E-state index in [2.05, 4.69) is 26.0 Å². The van der Waals surface area contributed by atoms with Crippen molar-refractivity contribution in [1.29, 1.82) is 0 Å². The largest absolute Gasteiger partial charge is 0.488 e. The van der Waals surface area contributed by atoms with E-state index in [-0.39, 0.29) is 42.9 Å². The number of amides is 4. The molecule has 4 amide bonds. The molecule has 5 rings (SSSR count). The minimum absolute atomic E-state index is 0.0345. The molecule has 0 unspecified atom stereocenters. The number of aromatic nitrogens is 1. The van der Waals surface area contributed by atoms with Crippen molar-refractivity contribution >= 4 is 40.6 Å². The first-order chi connectivity index (χ1) is 23.9. The summed E-state index contributed by atoms with van der Waals surface area (Å²) in [5, 5.41) is 22.3. The number of aryl methyl sites for hydroxylation is 2. The molecule has 2 heterocycles. The Kier molecular flexibility index (Phi) is 11.4. The zero-order valence-corrected chi connectivity index (χ0v) is 29.0. The van der Waals surface area contributed by atoms with Crippen LogP contribution in [0, 0.1) is 19.8 Å². The Hall–Kier alpha value is -5.40. The van der Waals surface area contributed by atoms with Gasteiger partial charge in [0.1, 0.15) is 23.2 Å². The number of likely N-dealkylation sites (N-methyl/N-ethyl adjacent to an activating group) is 1. The standard InChI is InChI=1S/C37H45N7O6/c1-22-18-44(23(2)21-45)34(46)17-28-16-29(39-37(48)41-35-24(3)42-50-25(35)4)14-15-32(28)49-33(22)20-43(5)19-26-10-12-27(13-11-26)36(47)40-31-9-7-6-8-30(31)38/h6-16,22-23,33,45H,17-21,38H2,1-5H3,(H,40,47)(H2,39,41,48)/t22-,23+,33+/m0/s1. The highest BCUT2D eigenvalue weighted by atomic mass is 16.5. The Bertz CT molecular complexity index is 1810. The first-order valence-corrected chi connectivity index (χ1v) is 16.6. The lowest BCUT2D eigenvalue weighted by atomic mass is 10.0. The zero-order chi connectivity index (χ0) is 35.9. The molecule has 1 aromatic heterocycles. The third-order valence-corrected chi connectivity index (χ3v) is 8.82. The molecule has 3 aromatic carbocycles. The fraction of sp³-hybridized carbons (Fsp3) is 0.351. The molecule has 4 aromatic rings. The third kappa shape index (κ3) is 8.79. The minimum Gasteiger partial charge on any atom is -0.488 e. The molecular formula is C37H45N7O6. The number of urea groups is 1. The van der Waals surface area contributed by atoms with Gasteiger partial charge in [-0.05, 0) is 75.8 Å². The zero-order valence-electron chi connectivity index (χ0n) is 29.0. The van der Waals surface area contributed by atoms with Crippen molar-refractivity contribution in [2.24, 2.45) is 5.92 Å². The minimum atomic E-state index is -0.479. The summed E-state index contributed by atoms with van der Waals surface area (Å²) < 4.78 is 11.8. The van der Waals surface area contributed by atoms with Gasteiger partial charge in [-0.25, -0.2) is 4.79 Å². The maximum atomic E-state index is 13.6. The number of nitrogen functional groups attached to an aromatic ring is 1. The summed E-state index contributed by atoms with van der Waals surface area (Å²) in [6, 6.07) is 18.9. The number of nitrogens with zero attached hydrogens (tertiary/aromatic N) is 3. The van der Waals surface area contributed by atoms with Crippen LogP contribution in [0.15, 0.2) is 71.3 Å². The second-order valence-electron chi connectivity index (χ2n) is 12.9. The van der Waals surface area contributed by atoms with Crippen molar-refractivity contribution < 1.29 is 28.8 Å². The number of hydrogen-bond acceptors (Lipinski definition) is 9. The normalized spacial score (nSPS) is 16.8. The smallest absolute Gasteiger partial charge is 0.323 e. The molecule has 6 N–H and O–H groups in total. The molecular weight excluding hydrogens is 638 g/mol. The van der Waals surface area contributed by atoms with E-state index >= 15 is 0 Å². The lowest BCUT2D eigenvalue weighted by Gasteiger charge is -2.34.